The third-order valence-electron chi connectivity index (χ3n) is 3.23. The van der Waals surface area contributed by atoms with E-state index in [2.05, 4.69) is 43.5 Å². The lowest BCUT2D eigenvalue weighted by Crippen LogP contribution is -2.03. The van der Waals surface area contributed by atoms with Crippen molar-refractivity contribution in [2.45, 2.75) is 39.5 Å². The molecule has 104 valence electrons. The summed E-state index contributed by atoms with van der Waals surface area (Å²) in [5.74, 6) is 0.650. The zero-order valence-electron chi connectivity index (χ0n) is 12.0. The molecule has 19 heavy (non-hydrogen) atoms. The molecule has 1 aromatic carbocycles. The zero-order valence-corrected chi connectivity index (χ0v) is 12.8. The molecule has 0 unspecified atom stereocenters. The Kier molecular flexibility index (Phi) is 5.87. The largest absolute Gasteiger partial charge is 0.381 e. The summed E-state index contributed by atoms with van der Waals surface area (Å²) in [5, 5.41) is 3.54. The maximum Gasteiger partial charge on any atom is 0.0488 e. The van der Waals surface area contributed by atoms with Gasteiger partial charge in [0.25, 0.3) is 0 Å². The van der Waals surface area contributed by atoms with Crippen molar-refractivity contribution in [3.05, 3.63) is 35.2 Å². The molecule has 1 heterocycles. The molecule has 0 saturated carbocycles. The maximum absolute atomic E-state index is 5.60. The van der Waals surface area contributed by atoms with Crippen LogP contribution in [0.25, 0.3) is 10.1 Å². The van der Waals surface area contributed by atoms with Gasteiger partial charge in [0.05, 0.1) is 0 Å². The van der Waals surface area contributed by atoms with E-state index in [1.165, 1.54) is 41.3 Å². The van der Waals surface area contributed by atoms with Crippen LogP contribution in [0.4, 0.5) is 0 Å². The minimum atomic E-state index is 0.650. The maximum atomic E-state index is 5.60. The second-order valence-electron chi connectivity index (χ2n) is 5.57. The second kappa shape index (κ2) is 7.66. The van der Waals surface area contributed by atoms with Gasteiger partial charge in [-0.05, 0) is 53.6 Å². The molecule has 2 heteroatoms. The molecule has 0 aliphatic rings. The van der Waals surface area contributed by atoms with Gasteiger partial charge in [0.15, 0.2) is 0 Å². The summed E-state index contributed by atoms with van der Waals surface area (Å²) < 4.78 is 7.01. The monoisotopic (exact) mass is 276 g/mol. The van der Waals surface area contributed by atoms with Gasteiger partial charge < -0.3 is 4.74 Å². The SMILES string of the molecule is CC(C)COCCCCCc1ccc2ccsc2c1. The van der Waals surface area contributed by atoms with Gasteiger partial charge in [0.2, 0.25) is 0 Å². The van der Waals surface area contributed by atoms with Crippen LogP contribution in [0.15, 0.2) is 29.6 Å². The highest BCUT2D eigenvalue weighted by Crippen LogP contribution is 2.22. The molecule has 2 aromatic rings. The quantitative estimate of drug-likeness (QED) is 0.595. The Hall–Kier alpha value is -0.860. The van der Waals surface area contributed by atoms with Gasteiger partial charge in [-0.1, -0.05) is 32.4 Å². The Morgan fingerprint density at radius 1 is 1.11 bits per heavy atom. The highest BCUT2D eigenvalue weighted by molar-refractivity contribution is 7.17. The van der Waals surface area contributed by atoms with E-state index in [0.717, 1.165) is 13.2 Å². The lowest BCUT2D eigenvalue weighted by atomic mass is 10.1. The molecular formula is C17H24OS. The fraction of sp³-hybridized carbons (Fsp3) is 0.529. The number of hydrogen-bond acceptors (Lipinski definition) is 2. The van der Waals surface area contributed by atoms with Gasteiger partial charge in [-0.3, -0.25) is 0 Å². The number of fused-ring (bicyclic) bond motifs is 1. The summed E-state index contributed by atoms with van der Waals surface area (Å²) in [4.78, 5) is 0. The van der Waals surface area contributed by atoms with E-state index in [0.29, 0.717) is 5.92 Å². The van der Waals surface area contributed by atoms with Crippen LogP contribution in [0.1, 0.15) is 38.7 Å². The molecular weight excluding hydrogens is 252 g/mol. The van der Waals surface area contributed by atoms with Crippen molar-refractivity contribution < 1.29 is 4.74 Å². The van der Waals surface area contributed by atoms with Gasteiger partial charge in [-0.25, -0.2) is 0 Å². The summed E-state index contributed by atoms with van der Waals surface area (Å²) >= 11 is 1.83. The molecule has 0 bridgehead atoms. The average Bonchev–Trinajstić information content (AvgIpc) is 2.84. The smallest absolute Gasteiger partial charge is 0.0488 e. The molecule has 0 aliphatic carbocycles. The highest BCUT2D eigenvalue weighted by atomic mass is 32.1. The molecule has 1 nitrogen and oxygen atoms in total. The first kappa shape index (κ1) is 14.5. The minimum Gasteiger partial charge on any atom is -0.381 e. The first-order valence-corrected chi connectivity index (χ1v) is 8.17. The van der Waals surface area contributed by atoms with Gasteiger partial charge >= 0.3 is 0 Å². The summed E-state index contributed by atoms with van der Waals surface area (Å²) in [6.07, 6.45) is 4.91. The Bertz CT molecular complexity index is 487. The number of benzene rings is 1. The fourth-order valence-electron chi connectivity index (χ4n) is 2.18. The first-order valence-electron chi connectivity index (χ1n) is 7.29. The number of thiophene rings is 1. The normalized spacial score (nSPS) is 11.5. The number of hydrogen-bond donors (Lipinski definition) is 0. The predicted octanol–water partition coefficient (Wildman–Crippen LogP) is 5.29. The van der Waals surface area contributed by atoms with Crippen LogP contribution < -0.4 is 0 Å². The summed E-state index contributed by atoms with van der Waals surface area (Å²) in [7, 11) is 0. The molecule has 0 aliphatic heterocycles. The molecule has 0 amide bonds. The standard InChI is InChI=1S/C17H24OS/c1-14(2)13-18-10-5-3-4-6-15-7-8-16-9-11-19-17(16)12-15/h7-9,11-12,14H,3-6,10,13H2,1-2H3. The minimum absolute atomic E-state index is 0.650. The van der Waals surface area contributed by atoms with Crippen LogP contribution in [0, 0.1) is 5.92 Å². The van der Waals surface area contributed by atoms with Crippen LogP contribution in [-0.4, -0.2) is 13.2 Å². The zero-order chi connectivity index (χ0) is 13.5. The van der Waals surface area contributed by atoms with Crippen molar-refractivity contribution in [1.29, 1.82) is 0 Å². The van der Waals surface area contributed by atoms with Crippen molar-refractivity contribution >= 4 is 21.4 Å². The molecule has 0 saturated heterocycles. The summed E-state index contributed by atoms with van der Waals surface area (Å²) in [6, 6.07) is 9.04. The lowest BCUT2D eigenvalue weighted by Gasteiger charge is -2.06. The van der Waals surface area contributed by atoms with Crippen LogP contribution in [0.5, 0.6) is 0 Å². The van der Waals surface area contributed by atoms with Crippen LogP contribution in [-0.2, 0) is 11.2 Å². The van der Waals surface area contributed by atoms with Crippen molar-refractivity contribution in [3.8, 4) is 0 Å². The van der Waals surface area contributed by atoms with Crippen molar-refractivity contribution in [1.82, 2.24) is 0 Å². The van der Waals surface area contributed by atoms with Crippen molar-refractivity contribution in [2.24, 2.45) is 5.92 Å². The molecule has 0 N–H and O–H groups in total. The Morgan fingerprint density at radius 3 is 2.84 bits per heavy atom. The Labute approximate surface area is 120 Å². The van der Waals surface area contributed by atoms with E-state index in [4.69, 9.17) is 4.74 Å². The Balaban J connectivity index is 1.62. The number of ether oxygens (including phenoxy) is 1. The second-order valence-corrected chi connectivity index (χ2v) is 6.52. The van der Waals surface area contributed by atoms with Crippen molar-refractivity contribution in [2.75, 3.05) is 13.2 Å². The highest BCUT2D eigenvalue weighted by Gasteiger charge is 1.99. The number of aryl methyl sites for hydroxylation is 1. The third kappa shape index (κ3) is 4.96. The number of unbranched alkanes of at least 4 members (excludes halogenated alkanes) is 2. The molecule has 0 radical (unpaired) electrons. The molecule has 0 atom stereocenters. The summed E-state index contributed by atoms with van der Waals surface area (Å²) in [5.41, 5.74) is 1.47. The van der Waals surface area contributed by atoms with Crippen LogP contribution in [0.3, 0.4) is 0 Å². The molecule has 1 aromatic heterocycles. The van der Waals surface area contributed by atoms with Gasteiger partial charge in [-0.15, -0.1) is 11.3 Å². The predicted molar refractivity (Wildman–Crippen MR) is 85.0 cm³/mol. The molecule has 2 rings (SSSR count). The van der Waals surface area contributed by atoms with E-state index in [-0.39, 0.29) is 0 Å². The lowest BCUT2D eigenvalue weighted by molar-refractivity contribution is 0.106. The first-order chi connectivity index (χ1) is 9.25. The average molecular weight is 276 g/mol. The van der Waals surface area contributed by atoms with Gasteiger partial charge in [0, 0.05) is 17.9 Å². The van der Waals surface area contributed by atoms with E-state index >= 15 is 0 Å². The van der Waals surface area contributed by atoms with Gasteiger partial charge in [0.1, 0.15) is 0 Å². The van der Waals surface area contributed by atoms with Gasteiger partial charge in [-0.2, -0.15) is 0 Å². The van der Waals surface area contributed by atoms with E-state index in [1.54, 1.807) is 0 Å². The number of rotatable bonds is 8. The topological polar surface area (TPSA) is 9.23 Å². The van der Waals surface area contributed by atoms with E-state index < -0.39 is 0 Å². The van der Waals surface area contributed by atoms with E-state index in [1.807, 2.05) is 11.3 Å². The van der Waals surface area contributed by atoms with Crippen LogP contribution in [0.2, 0.25) is 0 Å². The molecule has 0 spiro atoms. The Morgan fingerprint density at radius 2 is 2.00 bits per heavy atom. The molecule has 0 fully saturated rings. The van der Waals surface area contributed by atoms with Crippen LogP contribution >= 0.6 is 11.3 Å². The summed E-state index contributed by atoms with van der Waals surface area (Å²) in [6.45, 7) is 6.21. The van der Waals surface area contributed by atoms with Crippen molar-refractivity contribution in [3.63, 3.8) is 0 Å². The third-order valence-corrected chi connectivity index (χ3v) is 4.11. The fourth-order valence-corrected chi connectivity index (χ4v) is 3.04. The van der Waals surface area contributed by atoms with E-state index in [9.17, 15) is 0 Å².